The van der Waals surface area contributed by atoms with Crippen LogP contribution in [0.4, 0.5) is 0 Å². The zero-order chi connectivity index (χ0) is 19.2. The third-order valence-corrected chi connectivity index (χ3v) is 7.00. The second kappa shape index (κ2) is 6.51. The number of hydrogen-bond acceptors (Lipinski definition) is 4. The number of aromatic hydroxyl groups is 1. The summed E-state index contributed by atoms with van der Waals surface area (Å²) in [6.45, 7) is 0.525. The van der Waals surface area contributed by atoms with Crippen LogP contribution in [0.1, 0.15) is 44.1 Å². The molecule has 6 heteroatoms. The molecule has 0 aliphatic heterocycles. The van der Waals surface area contributed by atoms with Crippen molar-refractivity contribution >= 4 is 11.9 Å². The minimum atomic E-state index is -0.656. The van der Waals surface area contributed by atoms with Gasteiger partial charge >= 0.3 is 5.97 Å². The first-order valence-corrected chi connectivity index (χ1v) is 9.84. The van der Waals surface area contributed by atoms with E-state index in [4.69, 9.17) is 5.73 Å². The molecule has 4 aliphatic carbocycles. The molecule has 4 saturated carbocycles. The van der Waals surface area contributed by atoms with E-state index < -0.39 is 17.4 Å². The Hall–Kier alpha value is -2.08. The van der Waals surface area contributed by atoms with Gasteiger partial charge in [0.05, 0.1) is 11.5 Å². The lowest BCUT2D eigenvalue weighted by atomic mass is 9.44. The number of aliphatic carboxylic acids is 1. The van der Waals surface area contributed by atoms with Crippen LogP contribution in [0.15, 0.2) is 24.3 Å². The van der Waals surface area contributed by atoms with E-state index in [1.807, 2.05) is 0 Å². The number of nitrogens with one attached hydrogen (secondary N) is 1. The minimum Gasteiger partial charge on any atom is -0.508 e. The maximum absolute atomic E-state index is 12.5. The molecule has 6 nitrogen and oxygen atoms in total. The molecule has 0 radical (unpaired) electrons. The van der Waals surface area contributed by atoms with Crippen LogP contribution in [-0.4, -0.2) is 34.7 Å². The van der Waals surface area contributed by atoms with E-state index in [-0.39, 0.29) is 17.1 Å². The maximum atomic E-state index is 12.5. The quantitative estimate of drug-likeness (QED) is 0.610. The number of carbonyl (C=O) groups excluding carboxylic acids is 1. The summed E-state index contributed by atoms with van der Waals surface area (Å²) in [5.41, 5.74) is 6.30. The summed E-state index contributed by atoms with van der Waals surface area (Å²) in [4.78, 5) is 24.5. The van der Waals surface area contributed by atoms with E-state index in [9.17, 15) is 19.8 Å². The van der Waals surface area contributed by atoms with Crippen molar-refractivity contribution in [2.75, 3.05) is 6.54 Å². The van der Waals surface area contributed by atoms with Crippen LogP contribution >= 0.6 is 0 Å². The Morgan fingerprint density at radius 2 is 1.78 bits per heavy atom. The van der Waals surface area contributed by atoms with Crippen LogP contribution in [0.5, 0.6) is 5.75 Å². The maximum Gasteiger partial charge on any atom is 0.309 e. The molecule has 2 unspecified atom stereocenters. The van der Waals surface area contributed by atoms with Crippen LogP contribution in [0.3, 0.4) is 0 Å². The summed E-state index contributed by atoms with van der Waals surface area (Å²) in [5.74, 6) is 0.292. The highest BCUT2D eigenvalue weighted by molar-refractivity contribution is 5.82. The summed E-state index contributed by atoms with van der Waals surface area (Å²) >= 11 is 0. The summed E-state index contributed by atoms with van der Waals surface area (Å²) in [5, 5.41) is 22.2. The van der Waals surface area contributed by atoms with E-state index in [0.29, 0.717) is 31.2 Å². The average Bonchev–Trinajstić information content (AvgIpc) is 2.60. The normalized spacial score (nSPS) is 35.0. The van der Waals surface area contributed by atoms with Gasteiger partial charge in [-0.25, -0.2) is 0 Å². The fraction of sp³-hybridized carbons (Fsp3) is 0.619. The number of nitrogens with two attached hydrogens (primary N) is 1. The molecule has 4 aliphatic rings. The molecule has 1 aromatic carbocycles. The first-order valence-electron chi connectivity index (χ1n) is 9.84. The Morgan fingerprint density at radius 3 is 2.37 bits per heavy atom. The lowest BCUT2D eigenvalue weighted by Crippen LogP contribution is -2.58. The number of carbonyl (C=O) groups is 2. The van der Waals surface area contributed by atoms with Crippen molar-refractivity contribution in [1.82, 2.24) is 5.32 Å². The van der Waals surface area contributed by atoms with Gasteiger partial charge in [0, 0.05) is 6.54 Å². The Morgan fingerprint density at radius 1 is 1.15 bits per heavy atom. The predicted octanol–water partition coefficient (Wildman–Crippen LogP) is 2.05. The van der Waals surface area contributed by atoms with Gasteiger partial charge < -0.3 is 21.3 Å². The van der Waals surface area contributed by atoms with Gasteiger partial charge in [-0.3, -0.25) is 9.59 Å². The molecule has 5 rings (SSSR count). The first kappa shape index (κ1) is 18.3. The standard InChI is InChI=1S/C21H28N2O4/c22-17(6-13-1-3-16(24)4-2-13)18(25)23-12-20-7-14-5-15(8-20)10-21(9-14,11-20)19(26)27/h1-4,14-15,17,24H,5-12,22H2,(H,23,25)(H,26,27)/t14?,15?,17-,20?,21?/m0/s1. The van der Waals surface area contributed by atoms with Gasteiger partial charge in [0.1, 0.15) is 5.75 Å². The summed E-state index contributed by atoms with van der Waals surface area (Å²) < 4.78 is 0. The minimum absolute atomic E-state index is 0.0869. The molecule has 3 atom stereocenters. The zero-order valence-corrected chi connectivity index (χ0v) is 15.5. The lowest BCUT2D eigenvalue weighted by Gasteiger charge is -2.60. The number of carboxylic acid groups (broad SMARTS) is 1. The van der Waals surface area contributed by atoms with Crippen molar-refractivity contribution < 1.29 is 19.8 Å². The molecule has 1 aromatic rings. The first-order chi connectivity index (χ1) is 12.8. The Bertz CT molecular complexity index is 731. The Balaban J connectivity index is 1.38. The monoisotopic (exact) mass is 372 g/mol. The number of hydrogen-bond donors (Lipinski definition) is 4. The van der Waals surface area contributed by atoms with Gasteiger partial charge in [-0.05, 0) is 79.9 Å². The van der Waals surface area contributed by atoms with Crippen LogP contribution in [-0.2, 0) is 16.0 Å². The van der Waals surface area contributed by atoms with Crippen molar-refractivity contribution in [1.29, 1.82) is 0 Å². The van der Waals surface area contributed by atoms with Gasteiger partial charge in [0.2, 0.25) is 5.91 Å². The fourth-order valence-corrected chi connectivity index (χ4v) is 6.29. The SMILES string of the molecule is N[C@@H](Cc1ccc(O)cc1)C(=O)NCC12CC3CC(C1)CC(C(=O)O)(C3)C2. The molecule has 4 fully saturated rings. The van der Waals surface area contributed by atoms with Gasteiger partial charge in [-0.2, -0.15) is 0 Å². The molecule has 27 heavy (non-hydrogen) atoms. The number of phenolic OH excluding ortho intramolecular Hbond substituents is 1. The van der Waals surface area contributed by atoms with Gasteiger partial charge in [0.15, 0.2) is 0 Å². The van der Waals surface area contributed by atoms with Crippen LogP contribution in [0.2, 0.25) is 0 Å². The van der Waals surface area contributed by atoms with Crippen molar-refractivity contribution in [3.05, 3.63) is 29.8 Å². The van der Waals surface area contributed by atoms with E-state index in [1.165, 1.54) is 0 Å². The third-order valence-electron chi connectivity index (χ3n) is 7.00. The molecular formula is C21H28N2O4. The molecule has 0 spiro atoms. The molecular weight excluding hydrogens is 344 g/mol. The fourth-order valence-electron chi connectivity index (χ4n) is 6.29. The highest BCUT2D eigenvalue weighted by Crippen LogP contribution is 2.65. The smallest absolute Gasteiger partial charge is 0.309 e. The highest BCUT2D eigenvalue weighted by atomic mass is 16.4. The Labute approximate surface area is 159 Å². The summed E-state index contributed by atoms with van der Waals surface area (Å²) in [6, 6.07) is 6.04. The second-order valence-corrected chi connectivity index (χ2v) is 9.24. The van der Waals surface area contributed by atoms with Crippen LogP contribution in [0, 0.1) is 22.7 Å². The Kier molecular flexibility index (Phi) is 4.41. The van der Waals surface area contributed by atoms with E-state index >= 15 is 0 Å². The third kappa shape index (κ3) is 3.43. The molecule has 5 N–H and O–H groups in total. The van der Waals surface area contributed by atoms with Crippen molar-refractivity contribution in [3.63, 3.8) is 0 Å². The topological polar surface area (TPSA) is 113 Å². The number of amides is 1. The molecule has 0 heterocycles. The average molecular weight is 372 g/mol. The van der Waals surface area contributed by atoms with Crippen molar-refractivity contribution in [3.8, 4) is 5.75 Å². The highest BCUT2D eigenvalue weighted by Gasteiger charge is 2.60. The van der Waals surface area contributed by atoms with Crippen LogP contribution in [0.25, 0.3) is 0 Å². The van der Waals surface area contributed by atoms with E-state index in [2.05, 4.69) is 5.32 Å². The summed E-state index contributed by atoms with van der Waals surface area (Å²) in [7, 11) is 0. The van der Waals surface area contributed by atoms with E-state index in [0.717, 1.165) is 37.7 Å². The van der Waals surface area contributed by atoms with Gasteiger partial charge in [-0.15, -0.1) is 0 Å². The largest absolute Gasteiger partial charge is 0.508 e. The van der Waals surface area contributed by atoms with E-state index in [1.54, 1.807) is 24.3 Å². The molecule has 146 valence electrons. The van der Waals surface area contributed by atoms with Crippen molar-refractivity contribution in [2.45, 2.75) is 51.0 Å². The lowest BCUT2D eigenvalue weighted by molar-refractivity contribution is -0.174. The molecule has 0 saturated heterocycles. The van der Waals surface area contributed by atoms with Gasteiger partial charge in [-0.1, -0.05) is 12.1 Å². The molecule has 0 aromatic heterocycles. The van der Waals surface area contributed by atoms with Crippen LogP contribution < -0.4 is 11.1 Å². The second-order valence-electron chi connectivity index (χ2n) is 9.24. The predicted molar refractivity (Wildman–Crippen MR) is 100.0 cm³/mol. The van der Waals surface area contributed by atoms with Crippen molar-refractivity contribution in [2.24, 2.45) is 28.4 Å². The zero-order valence-electron chi connectivity index (χ0n) is 15.5. The number of carboxylic acids is 1. The number of rotatable bonds is 6. The summed E-state index contributed by atoms with van der Waals surface area (Å²) in [6.07, 6.45) is 5.87. The number of benzene rings is 1. The number of phenols is 1. The molecule has 1 amide bonds. The van der Waals surface area contributed by atoms with Gasteiger partial charge in [0.25, 0.3) is 0 Å². The molecule has 4 bridgehead atoms.